The minimum absolute atomic E-state index is 0.0455. The average Bonchev–Trinajstić information content (AvgIpc) is 3.32. The minimum Gasteiger partial charge on any atom is -0.481 e. The molecule has 1 atom stereocenters. The van der Waals surface area contributed by atoms with E-state index in [2.05, 4.69) is 0 Å². The number of carbonyl (C=O) groups excluding carboxylic acids is 1. The summed E-state index contributed by atoms with van der Waals surface area (Å²) < 4.78 is 3.35. The van der Waals surface area contributed by atoms with Crippen molar-refractivity contribution in [2.45, 2.75) is 43.4 Å². The highest BCUT2D eigenvalue weighted by Crippen LogP contribution is 2.41. The lowest BCUT2D eigenvalue weighted by Gasteiger charge is -2.12. The van der Waals surface area contributed by atoms with Crippen molar-refractivity contribution in [3.63, 3.8) is 0 Å². The highest BCUT2D eigenvalue weighted by Gasteiger charge is 2.34. The van der Waals surface area contributed by atoms with E-state index in [1.165, 1.54) is 0 Å². The minimum atomic E-state index is -0.861. The maximum atomic E-state index is 13.5. The Morgan fingerprint density at radius 2 is 1.61 bits per heavy atom. The number of aromatic nitrogens is 2. The molecule has 2 heterocycles. The SMILES string of the molecule is O=C(O)CCCCC(=O)c1c2n(c(=O)n1Cc1ccccc1)[C@H](c1ccccc1)SC2. The van der Waals surface area contributed by atoms with E-state index in [0.717, 1.165) is 16.8 Å². The smallest absolute Gasteiger partial charge is 0.330 e. The molecule has 7 heteroatoms. The molecule has 0 saturated carbocycles. The van der Waals surface area contributed by atoms with Crippen LogP contribution in [0.25, 0.3) is 0 Å². The summed E-state index contributed by atoms with van der Waals surface area (Å²) in [6, 6.07) is 19.5. The van der Waals surface area contributed by atoms with Crippen molar-refractivity contribution in [1.82, 2.24) is 9.13 Å². The van der Waals surface area contributed by atoms with Crippen LogP contribution >= 0.6 is 11.8 Å². The van der Waals surface area contributed by atoms with E-state index in [4.69, 9.17) is 5.11 Å². The summed E-state index contributed by atoms with van der Waals surface area (Å²) >= 11 is 1.64. The Kier molecular flexibility index (Phi) is 6.42. The van der Waals surface area contributed by atoms with E-state index in [-0.39, 0.29) is 29.7 Å². The molecule has 0 saturated heterocycles. The van der Waals surface area contributed by atoms with Gasteiger partial charge in [0.05, 0.1) is 12.2 Å². The summed E-state index contributed by atoms with van der Waals surface area (Å²) in [5.41, 5.74) is 3.05. The maximum absolute atomic E-state index is 13.5. The van der Waals surface area contributed by atoms with Gasteiger partial charge in [-0.2, -0.15) is 0 Å². The number of nitrogens with zero attached hydrogens (tertiary/aromatic N) is 2. The second-order valence-corrected chi connectivity index (χ2v) is 8.69. The van der Waals surface area contributed by atoms with Crippen LogP contribution in [0.15, 0.2) is 65.5 Å². The number of ketones is 1. The van der Waals surface area contributed by atoms with Crippen LogP contribution in [0.5, 0.6) is 0 Å². The van der Waals surface area contributed by atoms with Gasteiger partial charge in [-0.25, -0.2) is 4.79 Å². The first-order valence-corrected chi connectivity index (χ1v) is 11.4. The summed E-state index contributed by atoms with van der Waals surface area (Å²) in [5, 5.41) is 8.68. The third-order valence-corrected chi connectivity index (χ3v) is 6.70. The van der Waals surface area contributed by atoms with Crippen molar-refractivity contribution in [3.05, 3.63) is 93.7 Å². The Hall–Kier alpha value is -3.06. The number of Topliss-reactive ketones (excluding diaryl/α,β-unsaturated/α-hetero) is 1. The Labute approximate surface area is 184 Å². The zero-order valence-corrected chi connectivity index (χ0v) is 17.9. The molecule has 3 aromatic rings. The summed E-state index contributed by atoms with van der Waals surface area (Å²) in [6.07, 6.45) is 1.22. The van der Waals surface area contributed by atoms with E-state index in [1.54, 1.807) is 20.9 Å². The van der Waals surface area contributed by atoms with Crippen molar-refractivity contribution in [1.29, 1.82) is 0 Å². The number of fused-ring (bicyclic) bond motifs is 1. The Morgan fingerprint density at radius 3 is 2.29 bits per heavy atom. The fourth-order valence-corrected chi connectivity index (χ4v) is 5.30. The average molecular weight is 437 g/mol. The monoisotopic (exact) mass is 436 g/mol. The molecule has 0 radical (unpaired) electrons. The van der Waals surface area contributed by atoms with Crippen LogP contribution in [-0.4, -0.2) is 26.0 Å². The zero-order valence-electron chi connectivity index (χ0n) is 17.1. The molecule has 0 unspecified atom stereocenters. The summed E-state index contributed by atoms with van der Waals surface area (Å²) in [6.45, 7) is 0.335. The van der Waals surface area contributed by atoms with Crippen molar-refractivity contribution in [2.75, 3.05) is 0 Å². The highest BCUT2D eigenvalue weighted by atomic mass is 32.2. The number of hydrogen-bond donors (Lipinski definition) is 1. The van der Waals surface area contributed by atoms with Crippen LogP contribution in [0.1, 0.15) is 58.4 Å². The number of carboxylic acid groups (broad SMARTS) is 1. The molecule has 2 aromatic carbocycles. The van der Waals surface area contributed by atoms with Gasteiger partial charge < -0.3 is 5.11 Å². The van der Waals surface area contributed by atoms with Crippen LogP contribution in [-0.2, 0) is 17.1 Å². The first kappa shape index (κ1) is 21.2. The molecular formula is C24H24N2O4S. The van der Waals surface area contributed by atoms with Crippen molar-refractivity contribution in [2.24, 2.45) is 0 Å². The summed E-state index contributed by atoms with van der Waals surface area (Å²) in [5.74, 6) is -0.367. The van der Waals surface area contributed by atoms with Crippen molar-refractivity contribution < 1.29 is 14.7 Å². The van der Waals surface area contributed by atoms with Gasteiger partial charge in [0.2, 0.25) is 0 Å². The Morgan fingerprint density at radius 1 is 0.968 bits per heavy atom. The third-order valence-electron chi connectivity index (χ3n) is 5.46. The highest BCUT2D eigenvalue weighted by molar-refractivity contribution is 7.99. The predicted octanol–water partition coefficient (Wildman–Crippen LogP) is 4.32. The zero-order chi connectivity index (χ0) is 21.8. The molecule has 0 spiro atoms. The lowest BCUT2D eigenvalue weighted by molar-refractivity contribution is -0.137. The van der Waals surface area contributed by atoms with Gasteiger partial charge >= 0.3 is 11.7 Å². The molecular weight excluding hydrogens is 412 g/mol. The lowest BCUT2D eigenvalue weighted by Crippen LogP contribution is -2.27. The molecule has 1 aliphatic heterocycles. The fraction of sp³-hybridized carbons (Fsp3) is 0.292. The molecule has 0 aliphatic carbocycles. The number of hydrogen-bond acceptors (Lipinski definition) is 4. The molecule has 1 aromatic heterocycles. The number of benzene rings is 2. The van der Waals surface area contributed by atoms with Gasteiger partial charge in [-0.15, -0.1) is 11.8 Å². The van der Waals surface area contributed by atoms with Gasteiger partial charge in [-0.05, 0) is 24.0 Å². The number of carboxylic acids is 1. The standard InChI is InChI=1S/C24H24N2O4S/c27-20(13-7-8-14-21(28)29)22-19-16-31-23(18-11-5-2-6-12-18)26(19)24(30)25(22)15-17-9-3-1-4-10-17/h1-6,9-12,23H,7-8,13-16H2,(H,28,29)/t23-/m0/s1. The molecule has 160 valence electrons. The second-order valence-electron chi connectivity index (χ2n) is 7.62. The molecule has 6 nitrogen and oxygen atoms in total. The van der Waals surface area contributed by atoms with E-state index in [9.17, 15) is 14.4 Å². The van der Waals surface area contributed by atoms with Crippen LogP contribution in [0.3, 0.4) is 0 Å². The number of imidazole rings is 1. The first-order chi connectivity index (χ1) is 15.1. The molecule has 0 fully saturated rings. The van der Waals surface area contributed by atoms with Gasteiger partial charge in [-0.3, -0.25) is 18.7 Å². The third kappa shape index (κ3) is 4.51. The van der Waals surface area contributed by atoms with Gasteiger partial charge in [0, 0.05) is 18.6 Å². The van der Waals surface area contributed by atoms with Gasteiger partial charge in [0.1, 0.15) is 11.1 Å². The molecule has 31 heavy (non-hydrogen) atoms. The molecule has 4 rings (SSSR count). The second kappa shape index (κ2) is 9.39. The van der Waals surface area contributed by atoms with Gasteiger partial charge in [0.25, 0.3) is 0 Å². The number of unbranched alkanes of at least 4 members (excludes halogenated alkanes) is 1. The van der Waals surface area contributed by atoms with Crippen LogP contribution in [0.4, 0.5) is 0 Å². The quantitative estimate of drug-likeness (QED) is 0.399. The van der Waals surface area contributed by atoms with Gasteiger partial charge in [0.15, 0.2) is 5.78 Å². The predicted molar refractivity (Wildman–Crippen MR) is 121 cm³/mol. The van der Waals surface area contributed by atoms with E-state index in [1.807, 2.05) is 60.7 Å². The normalized spacial score (nSPS) is 15.0. The fourth-order valence-electron chi connectivity index (χ4n) is 3.99. The lowest BCUT2D eigenvalue weighted by atomic mass is 10.1. The Bertz CT molecular complexity index is 1140. The van der Waals surface area contributed by atoms with Crippen LogP contribution in [0.2, 0.25) is 0 Å². The number of carbonyl (C=O) groups is 2. The summed E-state index contributed by atoms with van der Waals surface area (Å²) in [7, 11) is 0. The largest absolute Gasteiger partial charge is 0.481 e. The van der Waals surface area contributed by atoms with Crippen molar-refractivity contribution in [3.8, 4) is 0 Å². The van der Waals surface area contributed by atoms with E-state index < -0.39 is 5.97 Å². The van der Waals surface area contributed by atoms with E-state index in [0.29, 0.717) is 30.8 Å². The van der Waals surface area contributed by atoms with Crippen LogP contribution in [0, 0.1) is 0 Å². The number of thioether (sulfide) groups is 1. The number of aliphatic carboxylic acids is 1. The molecule has 0 amide bonds. The Balaban J connectivity index is 1.70. The molecule has 1 N–H and O–H groups in total. The molecule has 1 aliphatic rings. The van der Waals surface area contributed by atoms with E-state index >= 15 is 0 Å². The van der Waals surface area contributed by atoms with Crippen molar-refractivity contribution >= 4 is 23.5 Å². The molecule has 0 bridgehead atoms. The summed E-state index contributed by atoms with van der Waals surface area (Å²) in [4.78, 5) is 37.4. The maximum Gasteiger partial charge on any atom is 0.330 e. The van der Waals surface area contributed by atoms with Gasteiger partial charge in [-0.1, -0.05) is 60.7 Å². The van der Waals surface area contributed by atoms with Crippen LogP contribution < -0.4 is 5.69 Å². The number of rotatable bonds is 9. The first-order valence-electron chi connectivity index (χ1n) is 10.4. The topological polar surface area (TPSA) is 81.3 Å².